The maximum Gasteiger partial charge on any atom is 0.161 e. The predicted octanol–water partition coefficient (Wildman–Crippen LogP) is 2.41. The Labute approximate surface area is 144 Å². The molecule has 4 aromatic heterocycles. The summed E-state index contributed by atoms with van der Waals surface area (Å²) in [7, 11) is 0. The van der Waals surface area contributed by atoms with E-state index in [0.717, 1.165) is 33.9 Å². The van der Waals surface area contributed by atoms with E-state index >= 15 is 0 Å². The van der Waals surface area contributed by atoms with E-state index in [4.69, 9.17) is 16.5 Å². The van der Waals surface area contributed by atoms with Crippen molar-refractivity contribution in [2.45, 2.75) is 13.5 Å². The average Bonchev–Trinajstić information content (AvgIpc) is 2.90. The first-order chi connectivity index (χ1) is 12.1. The topological polar surface area (TPSA) is 109 Å². The van der Waals surface area contributed by atoms with E-state index in [2.05, 4.69) is 19.5 Å². The van der Waals surface area contributed by atoms with E-state index in [0.29, 0.717) is 18.2 Å². The third-order valence-electron chi connectivity index (χ3n) is 3.99. The molecular formula is C18H17N7. The van der Waals surface area contributed by atoms with Crippen molar-refractivity contribution < 1.29 is 0 Å². The number of nitrogens with zero attached hydrogens (tertiary/aromatic N) is 5. The molecule has 0 saturated heterocycles. The van der Waals surface area contributed by atoms with E-state index in [-0.39, 0.29) is 0 Å². The second-order valence-electron chi connectivity index (χ2n) is 5.81. The molecule has 0 radical (unpaired) electrons. The molecule has 0 aliphatic rings. The van der Waals surface area contributed by atoms with Crippen molar-refractivity contribution in [1.82, 2.24) is 24.5 Å². The first kappa shape index (κ1) is 15.1. The first-order valence-corrected chi connectivity index (χ1v) is 7.87. The van der Waals surface area contributed by atoms with E-state index < -0.39 is 0 Å². The highest BCUT2D eigenvalue weighted by molar-refractivity contribution is 5.77. The molecule has 0 amide bonds. The first-order valence-electron chi connectivity index (χ1n) is 7.87. The summed E-state index contributed by atoms with van der Waals surface area (Å²) >= 11 is 0. The molecule has 0 aliphatic heterocycles. The Kier molecular flexibility index (Phi) is 3.53. The molecule has 7 heteroatoms. The summed E-state index contributed by atoms with van der Waals surface area (Å²) in [5, 5.41) is 0. The molecule has 7 nitrogen and oxygen atoms in total. The Morgan fingerprint density at radius 3 is 2.48 bits per heavy atom. The minimum absolute atomic E-state index is 0.370. The van der Waals surface area contributed by atoms with Crippen LogP contribution in [0.4, 0.5) is 11.6 Å². The highest BCUT2D eigenvalue weighted by atomic mass is 15.1. The molecule has 0 atom stereocenters. The van der Waals surface area contributed by atoms with E-state index in [9.17, 15) is 0 Å². The number of hydrogen-bond acceptors (Lipinski definition) is 6. The second-order valence-corrected chi connectivity index (χ2v) is 5.81. The number of rotatable bonds is 3. The number of pyridine rings is 3. The molecule has 0 spiro atoms. The number of aryl methyl sites for hydroxylation is 1. The van der Waals surface area contributed by atoms with Gasteiger partial charge in [-0.1, -0.05) is 6.07 Å². The van der Waals surface area contributed by atoms with Crippen LogP contribution in [0.1, 0.15) is 11.5 Å². The lowest BCUT2D eigenvalue weighted by atomic mass is 10.1. The number of hydrogen-bond donors (Lipinski definition) is 2. The van der Waals surface area contributed by atoms with Gasteiger partial charge in [0.2, 0.25) is 0 Å². The highest BCUT2D eigenvalue weighted by Gasteiger charge is 2.12. The summed E-state index contributed by atoms with van der Waals surface area (Å²) < 4.78 is 2.05. The van der Waals surface area contributed by atoms with Gasteiger partial charge in [-0.05, 0) is 43.3 Å². The summed E-state index contributed by atoms with van der Waals surface area (Å²) in [6, 6.07) is 13.2. The largest absolute Gasteiger partial charge is 0.384 e. The Hall–Kier alpha value is -3.48. The third-order valence-corrected chi connectivity index (χ3v) is 3.99. The van der Waals surface area contributed by atoms with E-state index in [1.165, 1.54) is 0 Å². The lowest BCUT2D eigenvalue weighted by Gasteiger charge is -2.07. The van der Waals surface area contributed by atoms with Crippen LogP contribution in [-0.2, 0) is 6.54 Å². The van der Waals surface area contributed by atoms with E-state index in [1.807, 2.05) is 37.3 Å². The number of anilines is 2. The van der Waals surface area contributed by atoms with Gasteiger partial charge in [-0.3, -0.25) is 4.98 Å². The maximum absolute atomic E-state index is 5.80. The lowest BCUT2D eigenvalue weighted by molar-refractivity contribution is 0.757. The molecule has 25 heavy (non-hydrogen) atoms. The van der Waals surface area contributed by atoms with Crippen molar-refractivity contribution in [2.75, 3.05) is 11.5 Å². The Morgan fingerprint density at radius 2 is 1.76 bits per heavy atom. The monoisotopic (exact) mass is 331 g/mol. The molecule has 0 saturated carbocycles. The van der Waals surface area contributed by atoms with E-state index in [1.54, 1.807) is 18.3 Å². The quantitative estimate of drug-likeness (QED) is 0.597. The van der Waals surface area contributed by atoms with Crippen molar-refractivity contribution in [1.29, 1.82) is 0 Å². The number of nitrogen functional groups attached to an aromatic ring is 2. The number of nitrogens with two attached hydrogens (primary N) is 2. The number of imidazole rings is 1. The van der Waals surface area contributed by atoms with Gasteiger partial charge >= 0.3 is 0 Å². The molecule has 0 unspecified atom stereocenters. The Bertz CT molecular complexity index is 1030. The molecule has 4 rings (SSSR count). The fraction of sp³-hybridized carbons (Fsp3) is 0.111. The van der Waals surface area contributed by atoms with Crippen molar-refractivity contribution in [3.05, 3.63) is 60.2 Å². The highest BCUT2D eigenvalue weighted by Crippen LogP contribution is 2.24. The summed E-state index contributed by atoms with van der Waals surface area (Å²) in [5.41, 5.74) is 15.8. The van der Waals surface area contributed by atoms with Gasteiger partial charge in [-0.2, -0.15) is 0 Å². The van der Waals surface area contributed by atoms with Gasteiger partial charge in [0, 0.05) is 11.8 Å². The van der Waals surface area contributed by atoms with Crippen molar-refractivity contribution >= 4 is 22.8 Å². The van der Waals surface area contributed by atoms with Gasteiger partial charge in [-0.15, -0.1) is 0 Å². The molecule has 4 aromatic rings. The smallest absolute Gasteiger partial charge is 0.161 e. The third kappa shape index (κ3) is 2.87. The summed E-state index contributed by atoms with van der Waals surface area (Å²) in [5.74, 6) is 1.63. The predicted molar refractivity (Wildman–Crippen MR) is 97.7 cm³/mol. The van der Waals surface area contributed by atoms with Crippen molar-refractivity contribution in [2.24, 2.45) is 0 Å². The number of fused-ring (bicyclic) bond motifs is 1. The van der Waals surface area contributed by atoms with Crippen LogP contribution in [0.2, 0.25) is 0 Å². The molecule has 0 aliphatic carbocycles. The van der Waals surface area contributed by atoms with Crippen LogP contribution in [0.15, 0.2) is 48.7 Å². The molecule has 124 valence electrons. The van der Waals surface area contributed by atoms with Gasteiger partial charge in [0.1, 0.15) is 23.0 Å². The zero-order valence-corrected chi connectivity index (χ0v) is 13.7. The Balaban J connectivity index is 1.83. The normalized spacial score (nSPS) is 11.1. The molecule has 4 N–H and O–H groups in total. The van der Waals surface area contributed by atoms with Crippen LogP contribution in [0, 0.1) is 6.92 Å². The van der Waals surface area contributed by atoms with Gasteiger partial charge in [0.15, 0.2) is 5.65 Å². The van der Waals surface area contributed by atoms with Gasteiger partial charge in [-0.25, -0.2) is 15.0 Å². The van der Waals surface area contributed by atoms with Crippen LogP contribution >= 0.6 is 0 Å². The second kappa shape index (κ2) is 5.86. The minimum atomic E-state index is 0.370. The SMILES string of the molecule is Cc1nc2ccc(-c3cc(N)nc(N)c3)nc2n1Cc1ccccn1. The Morgan fingerprint density at radius 1 is 0.960 bits per heavy atom. The van der Waals surface area contributed by atoms with Crippen LogP contribution in [0.3, 0.4) is 0 Å². The lowest BCUT2D eigenvalue weighted by Crippen LogP contribution is -2.04. The minimum Gasteiger partial charge on any atom is -0.384 e. The van der Waals surface area contributed by atoms with Crippen molar-refractivity contribution in [3.8, 4) is 11.3 Å². The fourth-order valence-corrected chi connectivity index (χ4v) is 2.84. The summed E-state index contributed by atoms with van der Waals surface area (Å²) in [4.78, 5) is 17.8. The molecule has 0 aromatic carbocycles. The molecule has 4 heterocycles. The zero-order chi connectivity index (χ0) is 17.4. The molecule has 0 fully saturated rings. The molecular weight excluding hydrogens is 314 g/mol. The maximum atomic E-state index is 5.80. The summed E-state index contributed by atoms with van der Waals surface area (Å²) in [6.45, 7) is 2.58. The standard InChI is InChI=1S/C18H17N7/c1-11-22-15-6-5-14(12-8-16(19)24-17(20)9-12)23-18(15)25(11)10-13-4-2-3-7-21-13/h2-9H,10H2,1H3,(H4,19,20,24). The summed E-state index contributed by atoms with van der Waals surface area (Å²) in [6.07, 6.45) is 1.78. The van der Waals surface area contributed by atoms with Crippen LogP contribution < -0.4 is 11.5 Å². The van der Waals surface area contributed by atoms with Gasteiger partial charge in [0.25, 0.3) is 0 Å². The van der Waals surface area contributed by atoms with Gasteiger partial charge in [0.05, 0.1) is 17.9 Å². The fourth-order valence-electron chi connectivity index (χ4n) is 2.84. The van der Waals surface area contributed by atoms with Gasteiger partial charge < -0.3 is 16.0 Å². The van der Waals surface area contributed by atoms with Crippen molar-refractivity contribution in [3.63, 3.8) is 0 Å². The van der Waals surface area contributed by atoms with Crippen LogP contribution in [0.25, 0.3) is 22.4 Å². The molecule has 0 bridgehead atoms. The average molecular weight is 331 g/mol. The van der Waals surface area contributed by atoms with Crippen LogP contribution in [-0.4, -0.2) is 24.5 Å². The zero-order valence-electron chi connectivity index (χ0n) is 13.7. The number of aromatic nitrogens is 5. The van der Waals surface area contributed by atoms with Crippen LogP contribution in [0.5, 0.6) is 0 Å².